The lowest BCUT2D eigenvalue weighted by atomic mass is 9.95. The summed E-state index contributed by atoms with van der Waals surface area (Å²) in [6.07, 6.45) is 1.35. The highest BCUT2D eigenvalue weighted by Crippen LogP contribution is 2.23. The summed E-state index contributed by atoms with van der Waals surface area (Å²) in [6, 6.07) is 20.9. The minimum absolute atomic E-state index is 0.149. The Morgan fingerprint density at radius 2 is 1.58 bits per heavy atom. The van der Waals surface area contributed by atoms with Gasteiger partial charge in [-0.05, 0) is 41.3 Å². The second-order valence-electron chi connectivity index (χ2n) is 7.88. The monoisotopic (exact) mass is 415 g/mol. The van der Waals surface area contributed by atoms with Crippen molar-refractivity contribution in [3.63, 3.8) is 0 Å². The molecule has 3 N–H and O–H groups in total. The summed E-state index contributed by atoms with van der Waals surface area (Å²) in [6.45, 7) is 0.954. The number of carbonyl (C=O) groups excluding carboxylic acids is 3. The summed E-state index contributed by atoms with van der Waals surface area (Å²) in [5, 5.41) is 5.04. The van der Waals surface area contributed by atoms with E-state index < -0.39 is 0 Å². The van der Waals surface area contributed by atoms with Crippen LogP contribution in [0.5, 0.6) is 0 Å². The van der Waals surface area contributed by atoms with E-state index in [1.54, 1.807) is 29.2 Å². The maximum atomic E-state index is 13.1. The van der Waals surface area contributed by atoms with Gasteiger partial charge in [0.05, 0.1) is 17.7 Å². The fraction of sp³-hybridized carbons (Fsp3) is 0.240. The minimum atomic E-state index is -0.312. The molecule has 0 radical (unpaired) electrons. The smallest absolute Gasteiger partial charge is 0.255 e. The number of nitrogens with zero attached hydrogens (tertiary/aromatic N) is 1. The zero-order valence-corrected chi connectivity index (χ0v) is 17.2. The predicted molar refractivity (Wildman–Crippen MR) is 121 cm³/mol. The highest BCUT2D eigenvalue weighted by molar-refractivity contribution is 6.04. The average Bonchev–Trinajstić information content (AvgIpc) is 2.79. The van der Waals surface area contributed by atoms with Gasteiger partial charge < -0.3 is 16.0 Å². The van der Waals surface area contributed by atoms with Gasteiger partial charge in [0.15, 0.2) is 0 Å². The zero-order chi connectivity index (χ0) is 21.8. The molecule has 31 heavy (non-hydrogen) atoms. The normalized spacial score (nSPS) is 14.4. The summed E-state index contributed by atoms with van der Waals surface area (Å²) < 4.78 is 0. The number of likely N-dealkylation sites (tertiary alicyclic amines) is 1. The van der Waals surface area contributed by atoms with Crippen molar-refractivity contribution >= 4 is 34.2 Å². The van der Waals surface area contributed by atoms with Crippen LogP contribution in [0.2, 0.25) is 0 Å². The second-order valence-corrected chi connectivity index (χ2v) is 7.88. The third-order valence-electron chi connectivity index (χ3n) is 5.85. The lowest BCUT2D eigenvalue weighted by Crippen LogP contribution is -2.42. The van der Waals surface area contributed by atoms with Gasteiger partial charge in [0.2, 0.25) is 11.8 Å². The summed E-state index contributed by atoms with van der Waals surface area (Å²) >= 11 is 0. The number of amides is 3. The van der Waals surface area contributed by atoms with Crippen molar-refractivity contribution in [3.8, 4) is 0 Å². The molecule has 6 heteroatoms. The second kappa shape index (κ2) is 9.00. The van der Waals surface area contributed by atoms with Crippen LogP contribution >= 0.6 is 0 Å². The SMILES string of the molecule is NC(=O)C1CCN(C(=O)c2ccccc2NC(=O)Cc2cccc3ccccc23)CC1. The van der Waals surface area contributed by atoms with E-state index >= 15 is 0 Å². The maximum Gasteiger partial charge on any atom is 0.255 e. The van der Waals surface area contributed by atoms with Crippen LogP contribution < -0.4 is 11.1 Å². The van der Waals surface area contributed by atoms with Crippen molar-refractivity contribution in [2.24, 2.45) is 11.7 Å². The van der Waals surface area contributed by atoms with Gasteiger partial charge in [-0.15, -0.1) is 0 Å². The van der Waals surface area contributed by atoms with Gasteiger partial charge in [0.1, 0.15) is 0 Å². The molecule has 6 nitrogen and oxygen atoms in total. The number of primary amides is 1. The fourth-order valence-corrected chi connectivity index (χ4v) is 4.13. The van der Waals surface area contributed by atoms with E-state index in [4.69, 9.17) is 5.73 Å². The molecule has 0 atom stereocenters. The largest absolute Gasteiger partial charge is 0.369 e. The number of nitrogens with two attached hydrogens (primary N) is 1. The van der Waals surface area contributed by atoms with Gasteiger partial charge in [-0.25, -0.2) is 0 Å². The van der Waals surface area contributed by atoms with Crippen LogP contribution in [0.15, 0.2) is 66.7 Å². The van der Waals surface area contributed by atoms with Crippen LogP contribution in [0.25, 0.3) is 10.8 Å². The fourth-order valence-electron chi connectivity index (χ4n) is 4.13. The van der Waals surface area contributed by atoms with Crippen molar-refractivity contribution in [1.82, 2.24) is 4.90 Å². The molecule has 0 aliphatic carbocycles. The van der Waals surface area contributed by atoms with Crippen molar-refractivity contribution < 1.29 is 14.4 Å². The number of fused-ring (bicyclic) bond motifs is 1. The van der Waals surface area contributed by atoms with Crippen molar-refractivity contribution in [1.29, 1.82) is 0 Å². The molecule has 0 saturated carbocycles. The van der Waals surface area contributed by atoms with E-state index in [2.05, 4.69) is 5.32 Å². The first-order chi connectivity index (χ1) is 15.0. The minimum Gasteiger partial charge on any atom is -0.369 e. The Morgan fingerprint density at radius 3 is 2.35 bits per heavy atom. The van der Waals surface area contributed by atoms with Gasteiger partial charge in [0, 0.05) is 19.0 Å². The van der Waals surface area contributed by atoms with Crippen LogP contribution in [0.4, 0.5) is 5.69 Å². The Labute approximate surface area is 181 Å². The van der Waals surface area contributed by atoms with Crippen LogP contribution in [-0.4, -0.2) is 35.7 Å². The number of rotatable bonds is 5. The molecule has 1 aliphatic rings. The Balaban J connectivity index is 1.48. The molecule has 1 saturated heterocycles. The van der Waals surface area contributed by atoms with E-state index in [1.807, 2.05) is 42.5 Å². The maximum absolute atomic E-state index is 13.1. The lowest BCUT2D eigenvalue weighted by molar-refractivity contribution is -0.123. The number of hydrogen-bond donors (Lipinski definition) is 2. The molecule has 1 aliphatic heterocycles. The zero-order valence-electron chi connectivity index (χ0n) is 17.2. The predicted octanol–water partition coefficient (Wildman–Crippen LogP) is 3.36. The Hall–Kier alpha value is -3.67. The average molecular weight is 415 g/mol. The molecule has 3 amide bonds. The molecule has 0 aromatic heterocycles. The Bertz CT molecular complexity index is 1130. The number of benzene rings is 3. The van der Waals surface area contributed by atoms with Crippen LogP contribution in [0.1, 0.15) is 28.8 Å². The topological polar surface area (TPSA) is 92.5 Å². The molecular weight excluding hydrogens is 390 g/mol. The summed E-state index contributed by atoms with van der Waals surface area (Å²) in [4.78, 5) is 39.0. The summed E-state index contributed by atoms with van der Waals surface area (Å²) in [5.41, 5.74) is 7.27. The Kier molecular flexibility index (Phi) is 5.98. The molecule has 158 valence electrons. The van der Waals surface area contributed by atoms with Crippen molar-refractivity contribution in [3.05, 3.63) is 77.9 Å². The van der Waals surface area contributed by atoms with E-state index in [1.165, 1.54) is 0 Å². The van der Waals surface area contributed by atoms with Crippen LogP contribution in [0, 0.1) is 5.92 Å². The number of piperidine rings is 1. The third kappa shape index (κ3) is 4.58. The van der Waals surface area contributed by atoms with Crippen molar-refractivity contribution in [2.45, 2.75) is 19.3 Å². The number of carbonyl (C=O) groups is 3. The number of hydrogen-bond acceptors (Lipinski definition) is 3. The highest BCUT2D eigenvalue weighted by atomic mass is 16.2. The quantitative estimate of drug-likeness (QED) is 0.669. The summed E-state index contributed by atoms with van der Waals surface area (Å²) in [5.74, 6) is -0.819. The molecule has 0 bridgehead atoms. The molecule has 1 fully saturated rings. The third-order valence-corrected chi connectivity index (χ3v) is 5.85. The van der Waals surface area contributed by atoms with Gasteiger partial charge >= 0.3 is 0 Å². The number of anilines is 1. The van der Waals surface area contributed by atoms with E-state index in [-0.39, 0.29) is 30.1 Å². The summed E-state index contributed by atoms with van der Waals surface area (Å²) in [7, 11) is 0. The number of nitrogens with one attached hydrogen (secondary N) is 1. The van der Waals surface area contributed by atoms with E-state index in [0.29, 0.717) is 37.2 Å². The standard InChI is InChI=1S/C25H25N3O3/c26-24(30)18-12-14-28(15-13-18)25(31)21-10-3-4-11-22(21)27-23(29)16-19-8-5-7-17-6-1-2-9-20(17)19/h1-11,18H,12-16H2,(H2,26,30)(H,27,29). The van der Waals surface area contributed by atoms with Crippen LogP contribution in [-0.2, 0) is 16.0 Å². The first kappa shape index (κ1) is 20.6. The highest BCUT2D eigenvalue weighted by Gasteiger charge is 2.27. The van der Waals surface area contributed by atoms with Crippen molar-refractivity contribution in [2.75, 3.05) is 18.4 Å². The molecule has 1 heterocycles. The first-order valence-corrected chi connectivity index (χ1v) is 10.5. The number of para-hydroxylation sites is 1. The molecule has 0 unspecified atom stereocenters. The van der Waals surface area contributed by atoms with Crippen LogP contribution in [0.3, 0.4) is 0 Å². The van der Waals surface area contributed by atoms with E-state index in [0.717, 1.165) is 16.3 Å². The van der Waals surface area contributed by atoms with Gasteiger partial charge in [-0.1, -0.05) is 54.6 Å². The molecule has 3 aromatic carbocycles. The molecule has 3 aromatic rings. The van der Waals surface area contributed by atoms with Gasteiger partial charge in [0.25, 0.3) is 5.91 Å². The molecular formula is C25H25N3O3. The molecule has 4 rings (SSSR count). The molecule has 0 spiro atoms. The Morgan fingerprint density at radius 1 is 0.903 bits per heavy atom. The lowest BCUT2D eigenvalue weighted by Gasteiger charge is -2.31. The van der Waals surface area contributed by atoms with Gasteiger partial charge in [-0.2, -0.15) is 0 Å². The first-order valence-electron chi connectivity index (χ1n) is 10.5. The van der Waals surface area contributed by atoms with Gasteiger partial charge in [-0.3, -0.25) is 14.4 Å². The van der Waals surface area contributed by atoms with E-state index in [9.17, 15) is 14.4 Å².